The van der Waals surface area contributed by atoms with Crippen LogP contribution in [-0.4, -0.2) is 26.4 Å². The molecule has 1 aromatic carbocycles. The van der Waals surface area contributed by atoms with E-state index >= 15 is 0 Å². The summed E-state index contributed by atoms with van der Waals surface area (Å²) in [5.74, 6) is 0.376. The van der Waals surface area contributed by atoms with Crippen LogP contribution in [-0.2, 0) is 16.5 Å². The number of hydrogen-bond acceptors (Lipinski definition) is 4. The number of phenolic OH excluding ortho intramolecular Hbond substituents is 1. The van der Waals surface area contributed by atoms with Gasteiger partial charge in [0.25, 0.3) is 0 Å². The molecule has 0 amide bonds. The van der Waals surface area contributed by atoms with Gasteiger partial charge in [0.15, 0.2) is 0 Å². The molecule has 0 aliphatic carbocycles. The van der Waals surface area contributed by atoms with Gasteiger partial charge in [-0.15, -0.1) is 0 Å². The van der Waals surface area contributed by atoms with Crippen LogP contribution in [0.4, 0.5) is 0 Å². The summed E-state index contributed by atoms with van der Waals surface area (Å²) < 4.78 is 0. The largest absolute Gasteiger partial charge is 3.00 e. The van der Waals surface area contributed by atoms with E-state index in [2.05, 4.69) is 0 Å². The smallest absolute Gasteiger partial charge is 0.857 e. The van der Waals surface area contributed by atoms with Crippen LogP contribution in [0.15, 0.2) is 18.2 Å². The van der Waals surface area contributed by atoms with Crippen molar-refractivity contribution in [3.63, 3.8) is 0 Å². The van der Waals surface area contributed by atoms with Gasteiger partial charge < -0.3 is 20.4 Å². The Labute approximate surface area is 107 Å². The van der Waals surface area contributed by atoms with Crippen LogP contribution < -0.4 is 15.3 Å². The quantitative estimate of drug-likeness (QED) is 0.610. The molecule has 1 aromatic rings. The normalized spacial score (nSPS) is 6.50. The van der Waals surface area contributed by atoms with Crippen molar-refractivity contribution in [3.05, 3.63) is 29.3 Å². The Hall–Kier alpha value is -0.606. The molecule has 5 heteroatoms. The molecule has 0 heterocycles. The van der Waals surface area contributed by atoms with Crippen LogP contribution in [0.3, 0.4) is 0 Å². The zero-order chi connectivity index (χ0) is 12.9. The summed E-state index contributed by atoms with van der Waals surface area (Å²) in [7, 11) is 2.25. The van der Waals surface area contributed by atoms with Crippen molar-refractivity contribution < 1.29 is 36.9 Å². The van der Waals surface area contributed by atoms with E-state index in [1.165, 1.54) is 5.56 Å². The molecule has 0 aliphatic heterocycles. The van der Waals surface area contributed by atoms with Crippen molar-refractivity contribution in [1.82, 2.24) is 0 Å². The summed E-state index contributed by atoms with van der Waals surface area (Å²) in [6, 6.07) is 5.56. The number of rotatable bonds is 0. The summed E-state index contributed by atoms with van der Waals surface area (Å²) in [6.45, 7) is 3.90. The van der Waals surface area contributed by atoms with Gasteiger partial charge >= 0.3 is 16.5 Å². The van der Waals surface area contributed by atoms with E-state index in [0.717, 1.165) is 26.9 Å². The summed E-state index contributed by atoms with van der Waals surface area (Å²) >= 11 is 0. The third kappa shape index (κ3) is 13.4. The molecule has 16 heavy (non-hydrogen) atoms. The zero-order valence-electron chi connectivity index (χ0n) is 10.2. The van der Waals surface area contributed by atoms with Crippen molar-refractivity contribution in [2.75, 3.05) is 21.3 Å². The van der Waals surface area contributed by atoms with E-state index in [1.807, 2.05) is 26.0 Å². The minimum Gasteiger partial charge on any atom is -0.857 e. The van der Waals surface area contributed by atoms with Crippen molar-refractivity contribution >= 4 is 0 Å². The van der Waals surface area contributed by atoms with Crippen LogP contribution in [0, 0.1) is 13.8 Å². The van der Waals surface area contributed by atoms with Crippen molar-refractivity contribution in [2.45, 2.75) is 13.8 Å². The van der Waals surface area contributed by atoms with Crippen LogP contribution in [0.5, 0.6) is 5.75 Å². The minimum atomic E-state index is 0. The molecule has 0 fully saturated rings. The average molecular weight is 274 g/mol. The van der Waals surface area contributed by atoms with E-state index in [1.54, 1.807) is 6.07 Å². The van der Waals surface area contributed by atoms with E-state index in [0.29, 0.717) is 5.75 Å². The second-order valence-corrected chi connectivity index (χ2v) is 2.29. The fourth-order valence-corrected chi connectivity index (χ4v) is 0.805. The molecule has 0 saturated heterocycles. The minimum absolute atomic E-state index is 0. The summed E-state index contributed by atoms with van der Waals surface area (Å²) in [5.41, 5.74) is 2.13. The van der Waals surface area contributed by atoms with Crippen molar-refractivity contribution in [3.8, 4) is 5.75 Å². The van der Waals surface area contributed by atoms with Gasteiger partial charge in [-0.2, -0.15) is 21.3 Å². The molecule has 0 spiro atoms. The fraction of sp³-hybridized carbons (Fsp3) is 0.455. The number of aromatic hydroxyl groups is 1. The predicted molar refractivity (Wildman–Crippen MR) is 55.4 cm³/mol. The molecule has 97 valence electrons. The van der Waals surface area contributed by atoms with Crippen molar-refractivity contribution in [1.29, 1.82) is 0 Å². The molecule has 0 aliphatic rings. The summed E-state index contributed by atoms with van der Waals surface area (Å²) in [5, 5.41) is 33.8. The van der Waals surface area contributed by atoms with Gasteiger partial charge in [0.05, 0.1) is 0 Å². The molecule has 1 N–H and O–H groups in total. The molecule has 0 bridgehead atoms. The summed E-state index contributed by atoms with van der Waals surface area (Å²) in [6.07, 6.45) is 0. The van der Waals surface area contributed by atoms with E-state index in [-0.39, 0.29) is 16.5 Å². The van der Waals surface area contributed by atoms with Crippen LogP contribution in [0.1, 0.15) is 11.1 Å². The Morgan fingerprint density at radius 3 is 1.50 bits per heavy atom. The topological polar surface area (TPSA) is 89.4 Å². The van der Waals surface area contributed by atoms with Crippen LogP contribution in [0.25, 0.3) is 0 Å². The third-order valence-electron chi connectivity index (χ3n) is 1.35. The zero-order valence-corrected chi connectivity index (χ0v) is 11.2. The average Bonchev–Trinajstić information content (AvgIpc) is 2.32. The molecule has 1 rings (SSSR count). The first kappa shape index (κ1) is 24.6. The molecule has 0 aromatic heterocycles. The van der Waals surface area contributed by atoms with E-state index in [9.17, 15) is 0 Å². The van der Waals surface area contributed by atoms with Gasteiger partial charge in [-0.1, -0.05) is 17.7 Å². The van der Waals surface area contributed by atoms with Gasteiger partial charge in [-0.25, -0.2) is 0 Å². The maximum absolute atomic E-state index is 9.04. The SMILES string of the molecule is C[O-].C[O-].C[O-].Cc1ccc(O)c(C)c1.[Ni+3]. The second kappa shape index (κ2) is 19.9. The Bertz CT molecular complexity index is 229. The van der Waals surface area contributed by atoms with E-state index in [4.69, 9.17) is 20.4 Å². The van der Waals surface area contributed by atoms with Gasteiger partial charge in [0, 0.05) is 0 Å². The fourth-order valence-electron chi connectivity index (χ4n) is 0.805. The maximum atomic E-state index is 9.04. The number of aryl methyl sites for hydroxylation is 2. The Balaban J connectivity index is -0.0000000900. The molecule has 0 atom stereocenters. The van der Waals surface area contributed by atoms with Gasteiger partial charge in [0.1, 0.15) is 5.75 Å². The van der Waals surface area contributed by atoms with E-state index < -0.39 is 0 Å². The molecule has 0 unspecified atom stereocenters. The van der Waals surface area contributed by atoms with Gasteiger partial charge in [0.2, 0.25) is 0 Å². The number of phenols is 1. The Morgan fingerprint density at radius 2 is 1.25 bits per heavy atom. The van der Waals surface area contributed by atoms with Gasteiger partial charge in [-0.3, -0.25) is 0 Å². The molecule has 1 radical (unpaired) electrons. The standard InChI is InChI=1S/C8H10O.3CH3O.Ni/c1-6-3-4-8(9)7(2)5-6;3*1-2;/h3-5,9H,1-2H3;3*1H3;/q;3*-1;+3. The first-order valence-corrected chi connectivity index (χ1v) is 4.19. The first-order valence-electron chi connectivity index (χ1n) is 4.19. The number of benzene rings is 1. The Morgan fingerprint density at radius 1 is 0.875 bits per heavy atom. The summed E-state index contributed by atoms with van der Waals surface area (Å²) in [4.78, 5) is 0. The van der Waals surface area contributed by atoms with Gasteiger partial charge in [-0.05, 0) is 25.5 Å². The van der Waals surface area contributed by atoms with Crippen LogP contribution in [0.2, 0.25) is 0 Å². The van der Waals surface area contributed by atoms with Crippen LogP contribution >= 0.6 is 0 Å². The van der Waals surface area contributed by atoms with Crippen molar-refractivity contribution in [2.24, 2.45) is 0 Å². The third-order valence-corrected chi connectivity index (χ3v) is 1.35. The first-order chi connectivity index (χ1) is 7.20. The monoisotopic (exact) mass is 273 g/mol. The second-order valence-electron chi connectivity index (χ2n) is 2.29. The predicted octanol–water partition coefficient (Wildman–Crippen LogP) is -1.06. The Kier molecular flexibility index (Phi) is 30.5. The molecular weight excluding hydrogens is 255 g/mol. The molecule has 4 nitrogen and oxygen atoms in total. The molecule has 0 saturated carbocycles. The molecular formula is C11H19NiO4. The number of hydrogen-bond donors (Lipinski definition) is 1. The maximum Gasteiger partial charge on any atom is 3.00 e.